The smallest absolute Gasteiger partial charge is 0.255 e. The lowest BCUT2D eigenvalue weighted by Crippen LogP contribution is -2.13. The number of carbonyl (C=O) groups excluding carboxylic acids is 1. The van der Waals surface area contributed by atoms with Crippen LogP contribution in [0.2, 0.25) is 0 Å². The Bertz CT molecular complexity index is 816. The average molecular weight is 290 g/mol. The molecule has 22 heavy (non-hydrogen) atoms. The molecule has 0 aliphatic rings. The van der Waals surface area contributed by atoms with E-state index in [4.69, 9.17) is 0 Å². The summed E-state index contributed by atoms with van der Waals surface area (Å²) in [5.41, 5.74) is 3.07. The largest absolute Gasteiger partial charge is 0.327 e. The Balaban J connectivity index is 1.76. The third-order valence-electron chi connectivity index (χ3n) is 3.30. The maximum absolute atomic E-state index is 12.1. The molecule has 4 heteroatoms. The van der Waals surface area contributed by atoms with Crippen molar-refractivity contribution in [3.63, 3.8) is 0 Å². The zero-order valence-electron chi connectivity index (χ0n) is 11.7. The minimum Gasteiger partial charge on any atom is -0.327 e. The quantitative estimate of drug-likeness (QED) is 0.777. The molecule has 0 saturated heterocycles. The molecule has 0 bridgehead atoms. The zero-order valence-corrected chi connectivity index (χ0v) is 11.7. The fourth-order valence-corrected chi connectivity index (χ4v) is 2.14. The molecule has 3 rings (SSSR count). The van der Waals surface area contributed by atoms with E-state index in [1.165, 1.54) is 12.3 Å². The van der Waals surface area contributed by atoms with Crippen molar-refractivity contribution in [2.45, 2.75) is 0 Å². The number of H-pyrrole nitrogens is 1. The molecule has 2 aromatic carbocycles. The van der Waals surface area contributed by atoms with E-state index in [1.54, 1.807) is 18.2 Å². The summed E-state index contributed by atoms with van der Waals surface area (Å²) in [6, 6.07) is 20.3. The van der Waals surface area contributed by atoms with Gasteiger partial charge in [-0.15, -0.1) is 0 Å². The maximum Gasteiger partial charge on any atom is 0.255 e. The maximum atomic E-state index is 12.1. The van der Waals surface area contributed by atoms with Gasteiger partial charge in [-0.3, -0.25) is 9.59 Å². The summed E-state index contributed by atoms with van der Waals surface area (Å²) < 4.78 is 0. The zero-order chi connectivity index (χ0) is 15.4. The van der Waals surface area contributed by atoms with Crippen LogP contribution in [0.3, 0.4) is 0 Å². The second-order valence-electron chi connectivity index (χ2n) is 4.84. The van der Waals surface area contributed by atoms with Crippen molar-refractivity contribution < 1.29 is 4.79 Å². The lowest BCUT2D eigenvalue weighted by Gasteiger charge is -2.06. The number of anilines is 1. The molecule has 0 fully saturated rings. The number of amides is 1. The first-order valence-corrected chi connectivity index (χ1v) is 6.88. The number of carbonyl (C=O) groups is 1. The highest BCUT2D eigenvalue weighted by Gasteiger charge is 2.06. The first kappa shape index (κ1) is 13.8. The van der Waals surface area contributed by atoms with Gasteiger partial charge in [-0.25, -0.2) is 0 Å². The molecule has 1 amide bonds. The summed E-state index contributed by atoms with van der Waals surface area (Å²) in [5.74, 6) is -0.216. The van der Waals surface area contributed by atoms with Crippen LogP contribution in [0.4, 0.5) is 5.69 Å². The summed E-state index contributed by atoms with van der Waals surface area (Å²) in [4.78, 5) is 25.6. The molecule has 0 atom stereocenters. The van der Waals surface area contributed by atoms with Crippen LogP contribution in [0.1, 0.15) is 10.4 Å². The van der Waals surface area contributed by atoms with Crippen LogP contribution in [0.15, 0.2) is 77.7 Å². The van der Waals surface area contributed by atoms with E-state index in [0.717, 1.165) is 11.1 Å². The van der Waals surface area contributed by atoms with Crippen molar-refractivity contribution in [3.8, 4) is 11.1 Å². The number of hydrogen-bond donors (Lipinski definition) is 2. The van der Waals surface area contributed by atoms with Crippen molar-refractivity contribution in [1.82, 2.24) is 4.98 Å². The molecule has 4 nitrogen and oxygen atoms in total. The van der Waals surface area contributed by atoms with E-state index in [-0.39, 0.29) is 11.5 Å². The van der Waals surface area contributed by atoms with Gasteiger partial charge in [0.1, 0.15) is 0 Å². The predicted octanol–water partition coefficient (Wildman–Crippen LogP) is 3.29. The van der Waals surface area contributed by atoms with Gasteiger partial charge in [0, 0.05) is 17.8 Å². The van der Waals surface area contributed by atoms with Crippen molar-refractivity contribution in [2.75, 3.05) is 5.32 Å². The number of pyridine rings is 1. The van der Waals surface area contributed by atoms with Crippen LogP contribution in [0.5, 0.6) is 0 Å². The van der Waals surface area contributed by atoms with Gasteiger partial charge in [0.05, 0.1) is 5.69 Å². The topological polar surface area (TPSA) is 62.0 Å². The minimum absolute atomic E-state index is 0.204. The van der Waals surface area contributed by atoms with Gasteiger partial charge >= 0.3 is 0 Å². The molecule has 0 aliphatic heterocycles. The van der Waals surface area contributed by atoms with Gasteiger partial charge < -0.3 is 10.3 Å². The molecule has 1 aromatic heterocycles. The second kappa shape index (κ2) is 6.10. The van der Waals surface area contributed by atoms with Crippen LogP contribution in [0, 0.1) is 0 Å². The molecule has 0 radical (unpaired) electrons. The second-order valence-corrected chi connectivity index (χ2v) is 4.84. The summed E-state index contributed by atoms with van der Waals surface area (Å²) in [6.45, 7) is 0. The Hall–Kier alpha value is -3.14. The van der Waals surface area contributed by atoms with E-state index in [0.29, 0.717) is 11.3 Å². The molecular formula is C18H14N2O2. The van der Waals surface area contributed by atoms with Crippen LogP contribution in [-0.2, 0) is 0 Å². The SMILES string of the molecule is O=C(Nc1ccc(=O)[nH]c1)c1ccc(-c2ccccc2)cc1. The van der Waals surface area contributed by atoms with Crippen molar-refractivity contribution in [3.05, 3.63) is 88.8 Å². The molecular weight excluding hydrogens is 276 g/mol. The highest BCUT2D eigenvalue weighted by molar-refractivity contribution is 6.04. The molecule has 108 valence electrons. The van der Waals surface area contributed by atoms with E-state index >= 15 is 0 Å². The van der Waals surface area contributed by atoms with Gasteiger partial charge in [-0.05, 0) is 29.3 Å². The molecule has 0 unspecified atom stereocenters. The molecule has 0 saturated carbocycles. The number of hydrogen-bond acceptors (Lipinski definition) is 2. The summed E-state index contributed by atoms with van der Waals surface area (Å²) in [6.07, 6.45) is 1.47. The lowest BCUT2D eigenvalue weighted by atomic mass is 10.0. The fraction of sp³-hybridized carbons (Fsp3) is 0. The molecule has 0 spiro atoms. The molecule has 0 aliphatic carbocycles. The van der Waals surface area contributed by atoms with E-state index < -0.39 is 0 Å². The number of nitrogens with one attached hydrogen (secondary N) is 2. The van der Waals surface area contributed by atoms with Crippen LogP contribution in [0.25, 0.3) is 11.1 Å². The first-order chi connectivity index (χ1) is 10.7. The highest BCUT2D eigenvalue weighted by atomic mass is 16.1. The van der Waals surface area contributed by atoms with Crippen molar-refractivity contribution in [1.29, 1.82) is 0 Å². The summed E-state index contributed by atoms with van der Waals surface area (Å²) in [7, 11) is 0. The highest BCUT2D eigenvalue weighted by Crippen LogP contribution is 2.19. The van der Waals surface area contributed by atoms with E-state index in [2.05, 4.69) is 10.3 Å². The molecule has 2 N–H and O–H groups in total. The monoisotopic (exact) mass is 290 g/mol. The normalized spacial score (nSPS) is 10.2. The predicted molar refractivity (Wildman–Crippen MR) is 86.9 cm³/mol. The third kappa shape index (κ3) is 3.12. The van der Waals surface area contributed by atoms with Crippen molar-refractivity contribution >= 4 is 11.6 Å². The minimum atomic E-state index is -0.216. The van der Waals surface area contributed by atoms with E-state index in [9.17, 15) is 9.59 Å². The lowest BCUT2D eigenvalue weighted by molar-refractivity contribution is 0.102. The molecule has 1 heterocycles. The fourth-order valence-electron chi connectivity index (χ4n) is 2.14. The number of benzene rings is 2. The number of rotatable bonds is 3. The van der Waals surface area contributed by atoms with Crippen LogP contribution < -0.4 is 10.9 Å². The first-order valence-electron chi connectivity index (χ1n) is 6.88. The van der Waals surface area contributed by atoms with Gasteiger partial charge in [0.25, 0.3) is 5.91 Å². The number of aromatic amines is 1. The summed E-state index contributed by atoms with van der Waals surface area (Å²) in [5, 5.41) is 2.74. The Labute approximate surface area is 127 Å². The molecule has 3 aromatic rings. The van der Waals surface area contributed by atoms with Gasteiger partial charge in [-0.1, -0.05) is 42.5 Å². The van der Waals surface area contributed by atoms with E-state index in [1.807, 2.05) is 42.5 Å². The summed E-state index contributed by atoms with van der Waals surface area (Å²) >= 11 is 0. The third-order valence-corrected chi connectivity index (χ3v) is 3.30. The Morgan fingerprint density at radius 3 is 2.14 bits per heavy atom. The van der Waals surface area contributed by atoms with Gasteiger partial charge in [-0.2, -0.15) is 0 Å². The van der Waals surface area contributed by atoms with Gasteiger partial charge in [0.2, 0.25) is 5.56 Å². The van der Waals surface area contributed by atoms with Crippen molar-refractivity contribution in [2.24, 2.45) is 0 Å². The average Bonchev–Trinajstić information content (AvgIpc) is 2.58. The van der Waals surface area contributed by atoms with Gasteiger partial charge in [0.15, 0.2) is 0 Å². The Morgan fingerprint density at radius 1 is 0.818 bits per heavy atom. The Morgan fingerprint density at radius 2 is 1.50 bits per heavy atom. The standard InChI is InChI=1S/C18H14N2O2/c21-17-11-10-16(12-19-17)20-18(22)15-8-6-14(7-9-15)13-4-2-1-3-5-13/h1-12H,(H,19,21)(H,20,22). The van der Waals surface area contributed by atoms with Crippen LogP contribution >= 0.6 is 0 Å². The Kier molecular flexibility index (Phi) is 3.83. The number of aromatic nitrogens is 1. The van der Waals surface area contributed by atoms with Crippen LogP contribution in [-0.4, -0.2) is 10.9 Å².